The first-order valence-corrected chi connectivity index (χ1v) is 11.2. The predicted octanol–water partition coefficient (Wildman–Crippen LogP) is 6.00. The molecule has 0 saturated heterocycles. The van der Waals surface area contributed by atoms with Gasteiger partial charge in [-0.25, -0.2) is 0 Å². The van der Waals surface area contributed by atoms with Gasteiger partial charge >= 0.3 is 0 Å². The van der Waals surface area contributed by atoms with Crippen LogP contribution < -0.4 is 15.0 Å². The maximum atomic E-state index is 13.1. The number of hydrogen-bond acceptors (Lipinski definition) is 4. The Labute approximate surface area is 189 Å². The SMILES string of the molecule is O=C(Nc1ccc2c(c1)N(C(=O)c1cccs1)CC2)c1ccccc1Oc1ccccc1. The summed E-state index contributed by atoms with van der Waals surface area (Å²) in [5.74, 6) is 0.856. The number of carbonyl (C=O) groups excluding carboxylic acids is 2. The Hall–Kier alpha value is -3.90. The molecule has 2 heterocycles. The van der Waals surface area contributed by atoms with Crippen molar-refractivity contribution in [2.75, 3.05) is 16.8 Å². The molecule has 0 aliphatic carbocycles. The number of carbonyl (C=O) groups is 2. The molecule has 0 fully saturated rings. The highest BCUT2D eigenvalue weighted by Crippen LogP contribution is 2.33. The summed E-state index contributed by atoms with van der Waals surface area (Å²) in [6.07, 6.45) is 0.800. The molecule has 158 valence electrons. The average Bonchev–Trinajstić information content (AvgIpc) is 3.50. The second-order valence-electron chi connectivity index (χ2n) is 7.39. The van der Waals surface area contributed by atoms with E-state index in [2.05, 4.69) is 5.32 Å². The van der Waals surface area contributed by atoms with Gasteiger partial charge in [0.05, 0.1) is 10.4 Å². The van der Waals surface area contributed by atoms with E-state index in [0.717, 1.165) is 17.7 Å². The third-order valence-corrected chi connectivity index (χ3v) is 6.18. The highest BCUT2D eigenvalue weighted by Gasteiger charge is 2.26. The third-order valence-electron chi connectivity index (χ3n) is 5.32. The Morgan fingerprint density at radius 3 is 2.53 bits per heavy atom. The Bertz CT molecular complexity index is 1270. The Kier molecular flexibility index (Phi) is 5.44. The molecular formula is C26H20N2O3S. The minimum Gasteiger partial charge on any atom is -0.457 e. The molecule has 0 saturated carbocycles. The molecule has 0 atom stereocenters. The topological polar surface area (TPSA) is 58.6 Å². The van der Waals surface area contributed by atoms with E-state index >= 15 is 0 Å². The summed E-state index contributed by atoms with van der Waals surface area (Å²) in [5.41, 5.74) is 3.01. The lowest BCUT2D eigenvalue weighted by atomic mass is 10.1. The molecule has 0 bridgehead atoms. The van der Waals surface area contributed by atoms with Crippen molar-refractivity contribution >= 4 is 34.5 Å². The maximum Gasteiger partial charge on any atom is 0.268 e. The van der Waals surface area contributed by atoms with Crippen LogP contribution in [-0.4, -0.2) is 18.4 Å². The highest BCUT2D eigenvalue weighted by atomic mass is 32.1. The zero-order valence-corrected chi connectivity index (χ0v) is 18.0. The normalized spacial score (nSPS) is 12.3. The minimum absolute atomic E-state index is 0.0103. The van der Waals surface area contributed by atoms with Gasteiger partial charge in [-0.15, -0.1) is 11.3 Å². The van der Waals surface area contributed by atoms with Crippen LogP contribution in [0.1, 0.15) is 25.6 Å². The number of hydrogen-bond donors (Lipinski definition) is 1. The predicted molar refractivity (Wildman–Crippen MR) is 127 cm³/mol. The van der Waals surface area contributed by atoms with Gasteiger partial charge in [0, 0.05) is 17.9 Å². The van der Waals surface area contributed by atoms with Gasteiger partial charge in [0.2, 0.25) is 0 Å². The van der Waals surface area contributed by atoms with E-state index in [1.165, 1.54) is 11.3 Å². The van der Waals surface area contributed by atoms with E-state index in [-0.39, 0.29) is 11.8 Å². The van der Waals surface area contributed by atoms with Crippen LogP contribution in [0.25, 0.3) is 0 Å². The molecule has 5 nitrogen and oxygen atoms in total. The lowest BCUT2D eigenvalue weighted by Crippen LogP contribution is -2.28. The van der Waals surface area contributed by atoms with Crippen LogP contribution in [0.15, 0.2) is 90.3 Å². The van der Waals surface area contributed by atoms with Gasteiger partial charge in [-0.3, -0.25) is 9.59 Å². The lowest BCUT2D eigenvalue weighted by Gasteiger charge is -2.17. The highest BCUT2D eigenvalue weighted by molar-refractivity contribution is 7.12. The monoisotopic (exact) mass is 440 g/mol. The van der Waals surface area contributed by atoms with Crippen LogP contribution in [0, 0.1) is 0 Å². The third kappa shape index (κ3) is 4.00. The van der Waals surface area contributed by atoms with Gasteiger partial charge in [0.1, 0.15) is 11.5 Å². The summed E-state index contributed by atoms with van der Waals surface area (Å²) in [4.78, 5) is 28.4. The minimum atomic E-state index is -0.273. The molecule has 1 N–H and O–H groups in total. The van der Waals surface area contributed by atoms with Crippen LogP contribution in [0.3, 0.4) is 0 Å². The number of para-hydroxylation sites is 2. The van der Waals surface area contributed by atoms with E-state index in [0.29, 0.717) is 34.2 Å². The number of amides is 2. The number of benzene rings is 3. The van der Waals surface area contributed by atoms with Crippen molar-refractivity contribution in [3.05, 3.63) is 106 Å². The summed E-state index contributed by atoms with van der Waals surface area (Å²) < 4.78 is 5.92. The molecule has 0 unspecified atom stereocenters. The zero-order chi connectivity index (χ0) is 21.9. The van der Waals surface area contributed by atoms with Crippen LogP contribution in [0.2, 0.25) is 0 Å². The van der Waals surface area contributed by atoms with Crippen LogP contribution >= 0.6 is 11.3 Å². The average molecular weight is 441 g/mol. The lowest BCUT2D eigenvalue weighted by molar-refractivity contribution is 0.0991. The van der Waals surface area contributed by atoms with Crippen molar-refractivity contribution in [3.8, 4) is 11.5 Å². The van der Waals surface area contributed by atoms with Gasteiger partial charge in [0.15, 0.2) is 0 Å². The summed E-state index contributed by atoms with van der Waals surface area (Å²) in [6, 6.07) is 25.9. The summed E-state index contributed by atoms with van der Waals surface area (Å²) in [6.45, 7) is 0.636. The van der Waals surface area contributed by atoms with Crippen molar-refractivity contribution in [3.63, 3.8) is 0 Å². The number of rotatable bonds is 5. The van der Waals surface area contributed by atoms with E-state index in [4.69, 9.17) is 4.74 Å². The van der Waals surface area contributed by atoms with Gasteiger partial charge in [-0.1, -0.05) is 42.5 Å². The summed E-state index contributed by atoms with van der Waals surface area (Å²) in [7, 11) is 0. The first-order valence-electron chi connectivity index (χ1n) is 10.3. The molecule has 2 amide bonds. The van der Waals surface area contributed by atoms with Gasteiger partial charge in [0.25, 0.3) is 11.8 Å². The first kappa shape index (κ1) is 20.0. The Morgan fingerprint density at radius 1 is 0.906 bits per heavy atom. The fourth-order valence-corrected chi connectivity index (χ4v) is 4.43. The second kappa shape index (κ2) is 8.69. The van der Waals surface area contributed by atoms with E-state index in [9.17, 15) is 9.59 Å². The number of anilines is 2. The van der Waals surface area contributed by atoms with Crippen LogP contribution in [0.5, 0.6) is 11.5 Å². The number of nitrogens with one attached hydrogen (secondary N) is 1. The Morgan fingerprint density at radius 2 is 1.72 bits per heavy atom. The number of ether oxygens (including phenoxy) is 1. The molecule has 0 radical (unpaired) electrons. The fraction of sp³-hybridized carbons (Fsp3) is 0.0769. The van der Waals surface area contributed by atoms with Crippen molar-refractivity contribution < 1.29 is 14.3 Å². The van der Waals surface area contributed by atoms with Crippen molar-refractivity contribution in [1.29, 1.82) is 0 Å². The largest absolute Gasteiger partial charge is 0.457 e. The molecule has 3 aromatic carbocycles. The molecule has 1 aliphatic rings. The van der Waals surface area contributed by atoms with E-state index in [1.807, 2.05) is 72.1 Å². The molecule has 32 heavy (non-hydrogen) atoms. The van der Waals surface area contributed by atoms with Gasteiger partial charge in [-0.2, -0.15) is 0 Å². The second-order valence-corrected chi connectivity index (χ2v) is 8.34. The Balaban J connectivity index is 1.37. The van der Waals surface area contributed by atoms with Crippen molar-refractivity contribution in [2.24, 2.45) is 0 Å². The van der Waals surface area contributed by atoms with Crippen LogP contribution in [0.4, 0.5) is 11.4 Å². The summed E-state index contributed by atoms with van der Waals surface area (Å²) >= 11 is 1.43. The van der Waals surface area contributed by atoms with Crippen LogP contribution in [-0.2, 0) is 6.42 Å². The first-order chi connectivity index (χ1) is 15.7. The van der Waals surface area contributed by atoms with E-state index in [1.54, 1.807) is 23.1 Å². The molecular weight excluding hydrogens is 420 g/mol. The zero-order valence-electron chi connectivity index (χ0n) is 17.2. The quantitative estimate of drug-likeness (QED) is 0.414. The molecule has 1 aromatic heterocycles. The number of nitrogens with zero attached hydrogens (tertiary/aromatic N) is 1. The molecule has 0 spiro atoms. The van der Waals surface area contributed by atoms with Gasteiger partial charge in [-0.05, 0) is 59.8 Å². The number of thiophene rings is 1. The maximum absolute atomic E-state index is 13.1. The molecule has 5 rings (SSSR count). The molecule has 6 heteroatoms. The smallest absolute Gasteiger partial charge is 0.268 e. The molecule has 1 aliphatic heterocycles. The van der Waals surface area contributed by atoms with Crippen molar-refractivity contribution in [2.45, 2.75) is 6.42 Å². The van der Waals surface area contributed by atoms with Crippen molar-refractivity contribution in [1.82, 2.24) is 0 Å². The van der Waals surface area contributed by atoms with E-state index < -0.39 is 0 Å². The summed E-state index contributed by atoms with van der Waals surface area (Å²) in [5, 5.41) is 4.85. The fourth-order valence-electron chi connectivity index (χ4n) is 3.76. The molecule has 4 aromatic rings. The standard InChI is InChI=1S/C26H20N2O3S/c29-25(21-9-4-5-10-23(21)31-20-7-2-1-3-8-20)27-19-13-12-18-14-15-28(22(18)17-19)26(30)24-11-6-16-32-24/h1-13,16-17H,14-15H2,(H,27,29). The number of fused-ring (bicyclic) bond motifs is 1. The van der Waals surface area contributed by atoms with Gasteiger partial charge < -0.3 is 15.0 Å².